The lowest BCUT2D eigenvalue weighted by Crippen LogP contribution is -2.01. The maximum atomic E-state index is 12.0. The second kappa shape index (κ2) is 4.16. The van der Waals surface area contributed by atoms with Crippen LogP contribution < -0.4 is 10.2 Å². The molecule has 1 heterocycles. The summed E-state index contributed by atoms with van der Waals surface area (Å²) in [5.74, 6) is 0.128. The number of phenols is 2. The van der Waals surface area contributed by atoms with Gasteiger partial charge in [0.15, 0.2) is 16.9 Å². The summed E-state index contributed by atoms with van der Waals surface area (Å²) in [6.45, 7) is 1.65. The molecule has 0 radical (unpaired) electrons. The molecule has 5 heteroatoms. The van der Waals surface area contributed by atoms with E-state index in [1.54, 1.807) is 25.1 Å². The maximum absolute atomic E-state index is 12.0. The third-order valence-electron chi connectivity index (χ3n) is 3.26. The van der Waals surface area contributed by atoms with Crippen molar-refractivity contribution in [1.29, 1.82) is 0 Å². The minimum atomic E-state index is -0.477. The Hall–Kier alpha value is -2.69. The zero-order valence-corrected chi connectivity index (χ0v) is 10.9. The van der Waals surface area contributed by atoms with Gasteiger partial charge in [0.1, 0.15) is 22.5 Å². The summed E-state index contributed by atoms with van der Waals surface area (Å²) in [6.07, 6.45) is 0. The average molecular weight is 272 g/mol. The normalized spacial score (nSPS) is 11.1. The molecule has 5 nitrogen and oxygen atoms in total. The number of aromatic hydroxyl groups is 2. The number of hydrogen-bond donors (Lipinski definition) is 2. The summed E-state index contributed by atoms with van der Waals surface area (Å²) < 4.78 is 10.6. The van der Waals surface area contributed by atoms with Gasteiger partial charge < -0.3 is 19.4 Å². The Morgan fingerprint density at radius 1 is 1.10 bits per heavy atom. The Morgan fingerprint density at radius 3 is 2.55 bits per heavy atom. The van der Waals surface area contributed by atoms with Crippen LogP contribution in [0.2, 0.25) is 0 Å². The number of fused-ring (bicyclic) bond motifs is 3. The Balaban J connectivity index is 2.63. The van der Waals surface area contributed by atoms with Gasteiger partial charge in [-0.3, -0.25) is 4.79 Å². The largest absolute Gasteiger partial charge is 0.504 e. The number of methoxy groups -OCH3 is 1. The first-order valence-electron chi connectivity index (χ1n) is 5.99. The van der Waals surface area contributed by atoms with Crippen molar-refractivity contribution >= 4 is 21.7 Å². The molecule has 0 aliphatic rings. The highest BCUT2D eigenvalue weighted by Gasteiger charge is 2.18. The molecule has 0 aliphatic heterocycles. The minimum absolute atomic E-state index is 0.0224. The van der Waals surface area contributed by atoms with Crippen LogP contribution in [-0.2, 0) is 0 Å². The van der Waals surface area contributed by atoms with Crippen LogP contribution in [0.3, 0.4) is 0 Å². The molecular weight excluding hydrogens is 260 g/mol. The second-order valence-electron chi connectivity index (χ2n) is 4.53. The van der Waals surface area contributed by atoms with E-state index in [1.165, 1.54) is 13.2 Å². The van der Waals surface area contributed by atoms with Gasteiger partial charge in [-0.25, -0.2) is 0 Å². The van der Waals surface area contributed by atoms with Crippen molar-refractivity contribution in [3.05, 3.63) is 40.2 Å². The van der Waals surface area contributed by atoms with E-state index in [2.05, 4.69) is 0 Å². The molecule has 0 spiro atoms. The van der Waals surface area contributed by atoms with Gasteiger partial charge in [-0.2, -0.15) is 0 Å². The molecule has 0 aliphatic carbocycles. The number of aryl methyl sites for hydroxylation is 1. The fraction of sp³-hybridized carbons (Fsp3) is 0.133. The molecule has 0 fully saturated rings. The highest BCUT2D eigenvalue weighted by molar-refractivity contribution is 6.10. The molecular formula is C15H12O5. The third-order valence-corrected chi connectivity index (χ3v) is 3.26. The van der Waals surface area contributed by atoms with Crippen molar-refractivity contribution in [2.75, 3.05) is 7.11 Å². The number of hydrogen-bond acceptors (Lipinski definition) is 5. The summed E-state index contributed by atoms with van der Waals surface area (Å²) in [5.41, 5.74) is -0.141. The van der Waals surface area contributed by atoms with E-state index in [1.807, 2.05) is 0 Å². The Morgan fingerprint density at radius 2 is 1.85 bits per heavy atom. The van der Waals surface area contributed by atoms with Crippen LogP contribution in [0.5, 0.6) is 17.2 Å². The lowest BCUT2D eigenvalue weighted by molar-refractivity contribution is 0.408. The van der Waals surface area contributed by atoms with Crippen LogP contribution in [-0.4, -0.2) is 17.3 Å². The SMILES string of the molecule is COc1ccc2c(c1)c(O)c(O)c1c(=O)cc(C)oc12. The van der Waals surface area contributed by atoms with Crippen molar-refractivity contribution in [1.82, 2.24) is 0 Å². The number of phenolic OH excluding ortho intramolecular Hbond substituents is 2. The standard InChI is InChI=1S/C15H12O5/c1-7-5-11(16)12-14(18)13(17)10-6-8(19-2)3-4-9(10)15(12)20-7/h3-6,17-18H,1-2H3. The highest BCUT2D eigenvalue weighted by atomic mass is 16.5. The Bertz CT molecular complexity index is 892. The van der Waals surface area contributed by atoms with Crippen LogP contribution in [0.4, 0.5) is 0 Å². The fourth-order valence-corrected chi connectivity index (χ4v) is 2.31. The zero-order chi connectivity index (χ0) is 14.4. The van der Waals surface area contributed by atoms with Gasteiger partial charge >= 0.3 is 0 Å². The number of benzene rings is 2. The van der Waals surface area contributed by atoms with E-state index in [0.717, 1.165) is 0 Å². The summed E-state index contributed by atoms with van der Waals surface area (Å²) in [6, 6.07) is 6.22. The van der Waals surface area contributed by atoms with Crippen LogP contribution in [0.15, 0.2) is 33.5 Å². The quantitative estimate of drug-likeness (QED) is 0.526. The lowest BCUT2D eigenvalue weighted by Gasteiger charge is -2.10. The van der Waals surface area contributed by atoms with Crippen LogP contribution >= 0.6 is 0 Å². The Labute approximate surface area is 113 Å². The molecule has 0 atom stereocenters. The Kier molecular flexibility index (Phi) is 2.57. The molecule has 1 aromatic heterocycles. The summed E-state index contributed by atoms with van der Waals surface area (Å²) in [4.78, 5) is 12.0. The maximum Gasteiger partial charge on any atom is 0.196 e. The zero-order valence-electron chi connectivity index (χ0n) is 10.9. The number of ether oxygens (including phenoxy) is 1. The van der Waals surface area contributed by atoms with Crippen LogP contribution in [0.1, 0.15) is 5.76 Å². The van der Waals surface area contributed by atoms with Gasteiger partial charge in [0.25, 0.3) is 0 Å². The van der Waals surface area contributed by atoms with Crippen LogP contribution in [0, 0.1) is 6.92 Å². The van der Waals surface area contributed by atoms with Crippen molar-refractivity contribution in [2.45, 2.75) is 6.92 Å². The third kappa shape index (κ3) is 1.60. The first-order chi connectivity index (χ1) is 9.52. The monoisotopic (exact) mass is 272 g/mol. The van der Waals surface area contributed by atoms with Gasteiger partial charge in [0, 0.05) is 16.8 Å². The summed E-state index contributed by atoms with van der Waals surface area (Å²) in [5, 5.41) is 21.0. The van der Waals surface area contributed by atoms with Gasteiger partial charge in [0.05, 0.1) is 7.11 Å². The summed E-state index contributed by atoms with van der Waals surface area (Å²) >= 11 is 0. The highest BCUT2D eigenvalue weighted by Crippen LogP contribution is 2.41. The van der Waals surface area contributed by atoms with Crippen molar-refractivity contribution in [3.8, 4) is 17.2 Å². The molecule has 102 valence electrons. The van der Waals surface area contributed by atoms with E-state index in [-0.39, 0.29) is 16.7 Å². The van der Waals surface area contributed by atoms with Crippen molar-refractivity contribution in [3.63, 3.8) is 0 Å². The first-order valence-corrected chi connectivity index (χ1v) is 5.99. The van der Waals surface area contributed by atoms with E-state index < -0.39 is 11.2 Å². The molecule has 20 heavy (non-hydrogen) atoms. The molecule has 0 amide bonds. The molecule has 2 aromatic carbocycles. The smallest absolute Gasteiger partial charge is 0.196 e. The predicted molar refractivity (Wildman–Crippen MR) is 74.6 cm³/mol. The second-order valence-corrected chi connectivity index (χ2v) is 4.53. The molecule has 0 unspecified atom stereocenters. The topological polar surface area (TPSA) is 79.9 Å². The number of rotatable bonds is 1. The first kappa shape index (κ1) is 12.3. The molecule has 3 rings (SSSR count). The van der Waals surface area contributed by atoms with Gasteiger partial charge in [-0.15, -0.1) is 0 Å². The molecule has 0 saturated heterocycles. The molecule has 0 saturated carbocycles. The van der Waals surface area contributed by atoms with Gasteiger partial charge in [-0.05, 0) is 25.1 Å². The van der Waals surface area contributed by atoms with E-state index in [0.29, 0.717) is 22.3 Å². The van der Waals surface area contributed by atoms with Crippen molar-refractivity contribution < 1.29 is 19.4 Å². The van der Waals surface area contributed by atoms with E-state index >= 15 is 0 Å². The minimum Gasteiger partial charge on any atom is -0.504 e. The molecule has 3 aromatic rings. The van der Waals surface area contributed by atoms with Crippen molar-refractivity contribution in [2.24, 2.45) is 0 Å². The molecule has 0 bridgehead atoms. The lowest BCUT2D eigenvalue weighted by atomic mass is 10.0. The summed E-state index contributed by atoms with van der Waals surface area (Å²) in [7, 11) is 1.50. The fourth-order valence-electron chi connectivity index (χ4n) is 2.31. The molecule has 2 N–H and O–H groups in total. The predicted octanol–water partition coefficient (Wildman–Crippen LogP) is 2.67. The van der Waals surface area contributed by atoms with Gasteiger partial charge in [0.2, 0.25) is 0 Å². The van der Waals surface area contributed by atoms with E-state index in [9.17, 15) is 15.0 Å². The van der Waals surface area contributed by atoms with Gasteiger partial charge in [-0.1, -0.05) is 0 Å². The van der Waals surface area contributed by atoms with E-state index in [4.69, 9.17) is 9.15 Å². The van der Waals surface area contributed by atoms with Crippen LogP contribution in [0.25, 0.3) is 21.7 Å². The average Bonchev–Trinajstić information content (AvgIpc) is 2.43.